The maximum absolute atomic E-state index is 6.56. The molecule has 1 saturated carbocycles. The van der Waals surface area contributed by atoms with Crippen LogP contribution >= 0.6 is 0 Å². The maximum Gasteiger partial charge on any atom is 0.237 e. The van der Waals surface area contributed by atoms with E-state index in [1.807, 2.05) is 6.07 Å². The Bertz CT molecular complexity index is 581. The molecule has 20 heavy (non-hydrogen) atoms. The molecule has 2 aromatic rings. The van der Waals surface area contributed by atoms with Gasteiger partial charge in [0.2, 0.25) is 5.88 Å². The predicted molar refractivity (Wildman–Crippen MR) is 77.5 cm³/mol. The molecule has 4 nitrogen and oxygen atoms in total. The van der Waals surface area contributed by atoms with Crippen molar-refractivity contribution in [1.29, 1.82) is 0 Å². The minimum absolute atomic E-state index is 0.0371. The van der Waals surface area contributed by atoms with E-state index in [9.17, 15) is 0 Å². The van der Waals surface area contributed by atoms with Crippen LogP contribution in [0.5, 0.6) is 5.88 Å². The van der Waals surface area contributed by atoms with Crippen LogP contribution in [0.1, 0.15) is 36.6 Å². The number of nitrogens with zero attached hydrogens (tertiary/aromatic N) is 2. The van der Waals surface area contributed by atoms with Gasteiger partial charge in [0, 0.05) is 17.8 Å². The molecule has 3 rings (SSSR count). The molecule has 2 N–H and O–H groups in total. The van der Waals surface area contributed by atoms with Crippen LogP contribution in [0.15, 0.2) is 42.7 Å². The van der Waals surface area contributed by atoms with Gasteiger partial charge in [-0.25, -0.2) is 4.98 Å². The van der Waals surface area contributed by atoms with Gasteiger partial charge >= 0.3 is 0 Å². The molecule has 1 fully saturated rings. The van der Waals surface area contributed by atoms with Gasteiger partial charge < -0.3 is 10.5 Å². The molecule has 1 aromatic carbocycles. The van der Waals surface area contributed by atoms with Crippen LogP contribution in [0.2, 0.25) is 0 Å². The molecule has 0 aliphatic heterocycles. The van der Waals surface area contributed by atoms with Gasteiger partial charge in [-0.15, -0.1) is 0 Å². The molecule has 1 aliphatic rings. The third-order valence-electron chi connectivity index (χ3n) is 4.37. The Hall–Kier alpha value is -1.94. The standard InChI is InChI=1S/C16H19N3O/c1-20-15-13(18-10-11-19-15)14(17)16(8-5-9-16)12-6-3-2-4-7-12/h2-4,6-7,10-11,14H,5,8-9,17H2,1H3. The number of benzene rings is 1. The van der Waals surface area contributed by atoms with Crippen LogP contribution in [0, 0.1) is 0 Å². The molecule has 1 atom stereocenters. The Morgan fingerprint density at radius 3 is 2.45 bits per heavy atom. The van der Waals surface area contributed by atoms with Crippen molar-refractivity contribution in [2.45, 2.75) is 30.7 Å². The summed E-state index contributed by atoms with van der Waals surface area (Å²) < 4.78 is 5.31. The summed E-state index contributed by atoms with van der Waals surface area (Å²) in [6.45, 7) is 0. The third kappa shape index (κ3) is 1.96. The fourth-order valence-corrected chi connectivity index (χ4v) is 3.08. The van der Waals surface area contributed by atoms with Crippen molar-refractivity contribution in [3.63, 3.8) is 0 Å². The number of hydrogen-bond donors (Lipinski definition) is 1. The van der Waals surface area contributed by atoms with Crippen molar-refractivity contribution in [3.8, 4) is 5.88 Å². The van der Waals surface area contributed by atoms with E-state index in [2.05, 4.69) is 34.2 Å². The van der Waals surface area contributed by atoms with Crippen LogP contribution in [-0.2, 0) is 5.41 Å². The smallest absolute Gasteiger partial charge is 0.237 e. The molecule has 1 aromatic heterocycles. The molecule has 1 unspecified atom stereocenters. The summed E-state index contributed by atoms with van der Waals surface area (Å²) in [6.07, 6.45) is 6.67. The molecule has 1 aliphatic carbocycles. The number of rotatable bonds is 4. The molecular weight excluding hydrogens is 250 g/mol. The second-order valence-electron chi connectivity index (χ2n) is 5.30. The number of aromatic nitrogens is 2. The summed E-state index contributed by atoms with van der Waals surface area (Å²) in [7, 11) is 1.61. The minimum Gasteiger partial charge on any atom is -0.480 e. The zero-order valence-corrected chi connectivity index (χ0v) is 11.6. The van der Waals surface area contributed by atoms with Gasteiger partial charge in [-0.3, -0.25) is 4.98 Å². The first kappa shape index (κ1) is 13.1. The summed E-state index contributed by atoms with van der Waals surface area (Å²) in [4.78, 5) is 8.63. The topological polar surface area (TPSA) is 61.0 Å². The van der Waals surface area contributed by atoms with E-state index in [0.717, 1.165) is 18.5 Å². The Morgan fingerprint density at radius 2 is 1.85 bits per heavy atom. The van der Waals surface area contributed by atoms with Crippen molar-refractivity contribution in [3.05, 3.63) is 54.0 Å². The number of hydrogen-bond acceptors (Lipinski definition) is 4. The van der Waals surface area contributed by atoms with Crippen molar-refractivity contribution in [2.24, 2.45) is 5.73 Å². The highest BCUT2D eigenvalue weighted by atomic mass is 16.5. The molecule has 104 valence electrons. The molecule has 0 amide bonds. The summed E-state index contributed by atoms with van der Waals surface area (Å²) in [5.74, 6) is 0.530. The van der Waals surface area contributed by atoms with E-state index in [0.29, 0.717) is 5.88 Å². The average Bonchev–Trinajstić information content (AvgIpc) is 2.47. The van der Waals surface area contributed by atoms with Gasteiger partial charge in [0.15, 0.2) is 0 Å². The van der Waals surface area contributed by atoms with E-state index in [1.165, 1.54) is 12.0 Å². The largest absolute Gasteiger partial charge is 0.480 e. The predicted octanol–water partition coefficient (Wildman–Crippen LogP) is 2.61. The van der Waals surface area contributed by atoms with Crippen molar-refractivity contribution >= 4 is 0 Å². The normalized spacial score (nSPS) is 18.1. The molecular formula is C16H19N3O. The summed E-state index contributed by atoms with van der Waals surface area (Å²) in [6, 6.07) is 10.3. The monoisotopic (exact) mass is 269 g/mol. The van der Waals surface area contributed by atoms with Crippen LogP contribution in [-0.4, -0.2) is 17.1 Å². The van der Waals surface area contributed by atoms with E-state index >= 15 is 0 Å². The third-order valence-corrected chi connectivity index (χ3v) is 4.37. The van der Waals surface area contributed by atoms with Crippen LogP contribution in [0.3, 0.4) is 0 Å². The SMILES string of the molecule is COc1nccnc1C(N)C1(c2ccccc2)CCC1. The Balaban J connectivity index is 2.01. The van der Waals surface area contributed by atoms with Crippen LogP contribution in [0.4, 0.5) is 0 Å². The van der Waals surface area contributed by atoms with Gasteiger partial charge in [-0.2, -0.15) is 0 Å². The van der Waals surface area contributed by atoms with Crippen LogP contribution < -0.4 is 10.5 Å². The lowest BCUT2D eigenvalue weighted by atomic mass is 9.59. The molecule has 0 radical (unpaired) electrons. The van der Waals surface area contributed by atoms with E-state index in [-0.39, 0.29) is 11.5 Å². The zero-order chi connectivity index (χ0) is 14.0. The first-order chi connectivity index (χ1) is 9.78. The summed E-state index contributed by atoms with van der Waals surface area (Å²) in [5.41, 5.74) is 8.56. The molecule has 0 bridgehead atoms. The van der Waals surface area contributed by atoms with Gasteiger partial charge in [0.1, 0.15) is 5.69 Å². The Labute approximate surface area is 119 Å². The number of ether oxygens (including phenoxy) is 1. The second-order valence-corrected chi connectivity index (χ2v) is 5.30. The van der Waals surface area contributed by atoms with E-state index in [4.69, 9.17) is 10.5 Å². The van der Waals surface area contributed by atoms with Crippen LogP contribution in [0.25, 0.3) is 0 Å². The second kappa shape index (κ2) is 5.21. The lowest BCUT2D eigenvalue weighted by Crippen LogP contribution is -2.45. The highest BCUT2D eigenvalue weighted by Gasteiger charge is 2.46. The average molecular weight is 269 g/mol. The lowest BCUT2D eigenvalue weighted by molar-refractivity contribution is 0.190. The van der Waals surface area contributed by atoms with Gasteiger partial charge in [-0.05, 0) is 18.4 Å². The van der Waals surface area contributed by atoms with Crippen molar-refractivity contribution < 1.29 is 4.74 Å². The van der Waals surface area contributed by atoms with E-state index < -0.39 is 0 Å². The zero-order valence-electron chi connectivity index (χ0n) is 11.6. The fraction of sp³-hybridized carbons (Fsp3) is 0.375. The van der Waals surface area contributed by atoms with Gasteiger partial charge in [0.25, 0.3) is 0 Å². The Morgan fingerprint density at radius 1 is 1.15 bits per heavy atom. The first-order valence-corrected chi connectivity index (χ1v) is 6.94. The molecule has 1 heterocycles. The van der Waals surface area contributed by atoms with Gasteiger partial charge in [0.05, 0.1) is 13.2 Å². The number of nitrogens with two attached hydrogens (primary N) is 1. The van der Waals surface area contributed by atoms with Crippen molar-refractivity contribution in [1.82, 2.24) is 9.97 Å². The van der Waals surface area contributed by atoms with Crippen molar-refractivity contribution in [2.75, 3.05) is 7.11 Å². The summed E-state index contributed by atoms with van der Waals surface area (Å²) in [5, 5.41) is 0. The lowest BCUT2D eigenvalue weighted by Gasteiger charge is -2.46. The Kier molecular flexibility index (Phi) is 3.40. The maximum atomic E-state index is 6.56. The fourth-order valence-electron chi connectivity index (χ4n) is 3.08. The molecule has 0 spiro atoms. The number of methoxy groups -OCH3 is 1. The molecule has 0 saturated heterocycles. The highest BCUT2D eigenvalue weighted by molar-refractivity contribution is 5.35. The molecule has 4 heteroatoms. The van der Waals surface area contributed by atoms with E-state index in [1.54, 1.807) is 19.5 Å². The first-order valence-electron chi connectivity index (χ1n) is 6.94. The minimum atomic E-state index is -0.192. The van der Waals surface area contributed by atoms with Gasteiger partial charge in [-0.1, -0.05) is 36.8 Å². The quantitative estimate of drug-likeness (QED) is 0.926. The highest BCUT2D eigenvalue weighted by Crippen LogP contribution is 2.51. The summed E-state index contributed by atoms with van der Waals surface area (Å²) >= 11 is 0.